The minimum atomic E-state index is -3.98. The highest BCUT2D eigenvalue weighted by Crippen LogP contribution is 2.22. The number of rotatable bonds is 12. The Morgan fingerprint density at radius 1 is 0.976 bits per heavy atom. The predicted molar refractivity (Wildman–Crippen MR) is 159 cm³/mol. The number of carbonyl (C=O) groups excluding carboxylic acids is 2. The highest BCUT2D eigenvalue weighted by atomic mass is 35.5. The van der Waals surface area contributed by atoms with Crippen molar-refractivity contribution >= 4 is 33.4 Å². The third-order valence-corrected chi connectivity index (χ3v) is 9.41. The van der Waals surface area contributed by atoms with E-state index in [1.165, 1.54) is 36.2 Å². The van der Waals surface area contributed by atoms with E-state index in [0.29, 0.717) is 10.8 Å². The molecule has 2 amide bonds. The maximum atomic E-state index is 14.0. The van der Waals surface area contributed by atoms with Gasteiger partial charge in [0.2, 0.25) is 21.8 Å². The topological polar surface area (TPSA) is 96.0 Å². The largest absolute Gasteiger partial charge is 0.497 e. The normalized spacial score (nSPS) is 14.5. The van der Waals surface area contributed by atoms with Gasteiger partial charge < -0.3 is 15.0 Å². The van der Waals surface area contributed by atoms with Crippen LogP contribution in [-0.2, 0) is 32.6 Å². The summed E-state index contributed by atoms with van der Waals surface area (Å²) in [5, 5.41) is 3.56. The third-order valence-electron chi connectivity index (χ3n) is 7.34. The summed E-state index contributed by atoms with van der Waals surface area (Å²) in [6.07, 6.45) is 4.18. The molecule has 0 radical (unpaired) electrons. The van der Waals surface area contributed by atoms with Crippen molar-refractivity contribution in [3.63, 3.8) is 0 Å². The fraction of sp³-hybridized carbons (Fsp3) is 0.355. The van der Waals surface area contributed by atoms with Crippen molar-refractivity contribution < 1.29 is 22.7 Å². The monoisotopic (exact) mass is 597 g/mol. The van der Waals surface area contributed by atoms with Gasteiger partial charge in [-0.15, -0.1) is 0 Å². The average molecular weight is 598 g/mol. The molecule has 0 bridgehead atoms. The first-order valence-corrected chi connectivity index (χ1v) is 15.5. The van der Waals surface area contributed by atoms with E-state index in [-0.39, 0.29) is 29.8 Å². The molecule has 41 heavy (non-hydrogen) atoms. The van der Waals surface area contributed by atoms with Gasteiger partial charge in [0.15, 0.2) is 0 Å². The van der Waals surface area contributed by atoms with Gasteiger partial charge in [0, 0.05) is 31.1 Å². The van der Waals surface area contributed by atoms with Gasteiger partial charge in [-0.3, -0.25) is 9.59 Å². The second-order valence-electron chi connectivity index (χ2n) is 10.3. The first-order chi connectivity index (χ1) is 19.7. The van der Waals surface area contributed by atoms with Crippen molar-refractivity contribution in [2.75, 3.05) is 20.7 Å². The Morgan fingerprint density at radius 2 is 1.63 bits per heavy atom. The van der Waals surface area contributed by atoms with Crippen LogP contribution in [0.25, 0.3) is 0 Å². The molecule has 1 N–H and O–H groups in total. The first kappa shape index (κ1) is 30.6. The number of nitrogens with one attached hydrogen (secondary N) is 1. The molecule has 8 nitrogen and oxygen atoms in total. The molecule has 0 heterocycles. The summed E-state index contributed by atoms with van der Waals surface area (Å²) in [5.74, 6) is -0.122. The number of methoxy groups -OCH3 is 1. The lowest BCUT2D eigenvalue weighted by Crippen LogP contribution is -2.54. The van der Waals surface area contributed by atoms with Crippen molar-refractivity contribution in [3.05, 3.63) is 95.0 Å². The van der Waals surface area contributed by atoms with Gasteiger partial charge in [-0.05, 0) is 60.4 Å². The zero-order valence-electron chi connectivity index (χ0n) is 23.3. The number of nitrogens with zero attached hydrogens (tertiary/aromatic N) is 2. The molecule has 1 saturated carbocycles. The van der Waals surface area contributed by atoms with Crippen LogP contribution < -0.4 is 10.1 Å². The summed E-state index contributed by atoms with van der Waals surface area (Å²) in [7, 11) is -1.07. The fourth-order valence-electron chi connectivity index (χ4n) is 5.04. The van der Waals surface area contributed by atoms with E-state index in [1.807, 2.05) is 48.5 Å². The molecule has 4 rings (SSSR count). The maximum Gasteiger partial charge on any atom is 0.243 e. The number of hydrogen-bond donors (Lipinski definition) is 1. The molecule has 0 aliphatic heterocycles. The quantitative estimate of drug-likeness (QED) is 0.327. The molecule has 0 spiro atoms. The molecular formula is C31H36ClN3O5S. The predicted octanol–water partition coefficient (Wildman–Crippen LogP) is 4.67. The fourth-order valence-corrected chi connectivity index (χ4v) is 6.29. The van der Waals surface area contributed by atoms with Gasteiger partial charge in [-0.1, -0.05) is 66.9 Å². The van der Waals surface area contributed by atoms with Gasteiger partial charge in [0.1, 0.15) is 11.8 Å². The molecule has 1 aliphatic rings. The van der Waals surface area contributed by atoms with Crippen molar-refractivity contribution in [1.82, 2.24) is 14.5 Å². The van der Waals surface area contributed by atoms with Crippen LogP contribution in [-0.4, -0.2) is 62.2 Å². The van der Waals surface area contributed by atoms with Gasteiger partial charge in [-0.25, -0.2) is 8.42 Å². The van der Waals surface area contributed by atoms with Gasteiger partial charge >= 0.3 is 0 Å². The Balaban J connectivity index is 1.67. The lowest BCUT2D eigenvalue weighted by atomic mass is 10.0. The molecule has 1 aliphatic carbocycles. The van der Waals surface area contributed by atoms with E-state index in [9.17, 15) is 18.0 Å². The van der Waals surface area contributed by atoms with Crippen LogP contribution in [0.4, 0.5) is 0 Å². The van der Waals surface area contributed by atoms with E-state index in [2.05, 4.69) is 5.32 Å². The number of hydrogen-bond acceptors (Lipinski definition) is 5. The summed E-state index contributed by atoms with van der Waals surface area (Å²) in [4.78, 5) is 29.3. The van der Waals surface area contributed by atoms with E-state index in [0.717, 1.165) is 41.1 Å². The molecule has 0 saturated heterocycles. The number of amides is 2. The van der Waals surface area contributed by atoms with Crippen LogP contribution in [0.3, 0.4) is 0 Å². The van der Waals surface area contributed by atoms with Gasteiger partial charge in [-0.2, -0.15) is 4.31 Å². The third kappa shape index (κ3) is 8.09. The van der Waals surface area contributed by atoms with Crippen molar-refractivity contribution in [3.8, 4) is 5.75 Å². The highest BCUT2D eigenvalue weighted by molar-refractivity contribution is 7.89. The van der Waals surface area contributed by atoms with E-state index < -0.39 is 28.5 Å². The lowest BCUT2D eigenvalue weighted by molar-refractivity contribution is -0.141. The number of benzene rings is 3. The second kappa shape index (κ2) is 14.0. The zero-order valence-corrected chi connectivity index (χ0v) is 24.9. The molecular weight excluding hydrogens is 562 g/mol. The molecule has 0 aromatic heterocycles. The number of sulfonamides is 1. The molecule has 3 aromatic rings. The Kier molecular flexibility index (Phi) is 10.4. The van der Waals surface area contributed by atoms with Crippen molar-refractivity contribution in [2.45, 2.75) is 55.6 Å². The van der Waals surface area contributed by atoms with Crippen LogP contribution in [0.5, 0.6) is 5.75 Å². The Hall–Kier alpha value is -3.40. The summed E-state index contributed by atoms with van der Waals surface area (Å²) in [6.45, 7) is -0.350. The number of halogens is 1. The van der Waals surface area contributed by atoms with Crippen LogP contribution in [0.1, 0.15) is 36.8 Å². The molecule has 10 heteroatoms. The SMILES string of the molecule is COc1cccc(CN(C(=O)CN(C)S(=O)(=O)c2ccc(Cl)cc2)C(Cc2ccccc2)C(=O)NC2CCCC2)c1. The van der Waals surface area contributed by atoms with E-state index in [4.69, 9.17) is 16.3 Å². The van der Waals surface area contributed by atoms with Crippen molar-refractivity contribution in [1.29, 1.82) is 0 Å². The molecule has 3 aromatic carbocycles. The molecule has 218 valence electrons. The zero-order chi connectivity index (χ0) is 29.4. The standard InChI is InChI=1S/C31H36ClN3O5S/c1-34(41(38,39)28-17-15-25(32)16-18-28)22-30(36)35(21-24-11-8-14-27(19-24)40-2)29(20-23-9-4-3-5-10-23)31(37)33-26-12-6-7-13-26/h3-5,8-11,14-19,26,29H,6-7,12-13,20-22H2,1-2H3,(H,33,37). The summed E-state index contributed by atoms with van der Waals surface area (Å²) >= 11 is 5.94. The van der Waals surface area contributed by atoms with Crippen molar-refractivity contribution in [2.24, 2.45) is 0 Å². The minimum absolute atomic E-state index is 0.0244. The summed E-state index contributed by atoms with van der Waals surface area (Å²) in [6, 6.07) is 21.8. The number of likely N-dealkylation sites (N-methyl/N-ethyl adjacent to an activating group) is 1. The Labute approximate surface area is 247 Å². The second-order valence-corrected chi connectivity index (χ2v) is 12.8. The smallest absolute Gasteiger partial charge is 0.243 e. The first-order valence-electron chi connectivity index (χ1n) is 13.7. The summed E-state index contributed by atoms with van der Waals surface area (Å²) in [5.41, 5.74) is 1.65. The average Bonchev–Trinajstić information content (AvgIpc) is 3.48. The van der Waals surface area contributed by atoms with Crippen LogP contribution in [0.15, 0.2) is 83.8 Å². The van der Waals surface area contributed by atoms with E-state index >= 15 is 0 Å². The Bertz CT molecular complexity index is 1430. The molecule has 1 unspecified atom stereocenters. The van der Waals surface area contributed by atoms with Crippen LogP contribution in [0, 0.1) is 0 Å². The number of carbonyl (C=O) groups is 2. The summed E-state index contributed by atoms with van der Waals surface area (Å²) < 4.78 is 33.0. The lowest BCUT2D eigenvalue weighted by Gasteiger charge is -2.33. The highest BCUT2D eigenvalue weighted by Gasteiger charge is 2.34. The van der Waals surface area contributed by atoms with Gasteiger partial charge in [0.05, 0.1) is 18.6 Å². The molecule has 1 fully saturated rings. The number of ether oxygens (including phenoxy) is 1. The minimum Gasteiger partial charge on any atom is -0.497 e. The van der Waals surface area contributed by atoms with Crippen LogP contribution in [0.2, 0.25) is 5.02 Å². The van der Waals surface area contributed by atoms with E-state index in [1.54, 1.807) is 13.2 Å². The van der Waals surface area contributed by atoms with Gasteiger partial charge in [0.25, 0.3) is 0 Å². The molecule has 1 atom stereocenters. The van der Waals surface area contributed by atoms with Crippen LogP contribution >= 0.6 is 11.6 Å². The maximum absolute atomic E-state index is 14.0. The Morgan fingerprint density at radius 3 is 2.29 bits per heavy atom.